The Morgan fingerprint density at radius 2 is 1.61 bits per heavy atom. The molecule has 18 atom stereocenters. The van der Waals surface area contributed by atoms with Gasteiger partial charge in [0.15, 0.2) is 24.3 Å². The smallest absolute Gasteiger partial charge is 0.341 e. The van der Waals surface area contributed by atoms with Gasteiger partial charge in [0.1, 0.15) is 35.6 Å². The topological polar surface area (TPSA) is 295 Å². The lowest BCUT2D eigenvalue weighted by atomic mass is 9.73. The van der Waals surface area contributed by atoms with E-state index in [0.29, 0.717) is 43.7 Å². The number of aromatic nitrogens is 2. The lowest BCUT2D eigenvalue weighted by molar-refractivity contribution is -0.318. The summed E-state index contributed by atoms with van der Waals surface area (Å²) in [6, 6.07) is 1.30. The third kappa shape index (κ3) is 17.0. The number of fused-ring (bicyclic) bond motifs is 1. The number of rotatable bonds is 23. The fraction of sp³-hybridized carbons (Fsp3) is 0.800. The summed E-state index contributed by atoms with van der Waals surface area (Å²) in [5.74, 6) is -6.15. The van der Waals surface area contributed by atoms with Crippen LogP contribution in [-0.2, 0) is 54.0 Å². The number of ether oxygens (including phenoxy) is 7. The number of carboxylic acid groups (broad SMARTS) is 1. The van der Waals surface area contributed by atoms with Crippen LogP contribution in [0.4, 0.5) is 0 Å². The van der Waals surface area contributed by atoms with Crippen LogP contribution in [0.3, 0.4) is 0 Å². The zero-order valence-corrected chi connectivity index (χ0v) is 52.9. The number of aromatic carboxylic acids is 1. The number of oxime groups is 1. The third-order valence-electron chi connectivity index (χ3n) is 17.5. The number of pyridine rings is 2. The Labute approximate surface area is 496 Å². The highest BCUT2D eigenvalue weighted by Gasteiger charge is 2.54. The van der Waals surface area contributed by atoms with Gasteiger partial charge in [-0.15, -0.1) is 0 Å². The summed E-state index contributed by atoms with van der Waals surface area (Å²) in [7, 11) is 8.65. The van der Waals surface area contributed by atoms with Crippen LogP contribution in [0.1, 0.15) is 138 Å². The second-order valence-corrected chi connectivity index (χ2v) is 24.6. The zero-order valence-electron chi connectivity index (χ0n) is 52.9. The molecule has 24 heteroatoms. The van der Waals surface area contributed by atoms with Crippen LogP contribution < -0.4 is 15.8 Å². The Balaban J connectivity index is 1.39. The molecule has 3 aliphatic heterocycles. The molecule has 1 unspecified atom stereocenters. The minimum Gasteiger partial charge on any atom is -0.477 e. The number of nitrogens with one attached hydrogen (secondary N) is 1. The van der Waals surface area contributed by atoms with Gasteiger partial charge in [0, 0.05) is 76.9 Å². The summed E-state index contributed by atoms with van der Waals surface area (Å²) >= 11 is 0. The lowest BCUT2D eigenvalue weighted by Crippen LogP contribution is -2.61. The number of aliphatic hydroxyl groups is 4. The van der Waals surface area contributed by atoms with Gasteiger partial charge in [-0.1, -0.05) is 46.7 Å². The van der Waals surface area contributed by atoms with E-state index >= 15 is 0 Å². The van der Waals surface area contributed by atoms with Crippen molar-refractivity contribution in [3.63, 3.8) is 0 Å². The highest BCUT2D eigenvalue weighted by Crippen LogP contribution is 2.42. The monoisotopic (exact) mass is 1190 g/mol. The number of methoxy groups -OCH3 is 1. The van der Waals surface area contributed by atoms with Crippen molar-refractivity contribution in [2.45, 2.75) is 212 Å². The maximum Gasteiger partial charge on any atom is 0.341 e. The average Bonchev–Trinajstić information content (AvgIpc) is 2.25. The number of esters is 2. The minimum absolute atomic E-state index is 0.00768. The molecule has 3 aliphatic rings. The summed E-state index contributed by atoms with van der Waals surface area (Å²) in [5, 5.41) is 68.7. The van der Waals surface area contributed by atoms with Gasteiger partial charge in [0.25, 0.3) is 0 Å². The van der Waals surface area contributed by atoms with E-state index in [9.17, 15) is 44.7 Å². The number of likely N-dealkylation sites (N-methyl/N-ethyl adjacent to an activating group) is 2. The molecule has 2 aromatic rings. The molecule has 3 fully saturated rings. The quantitative estimate of drug-likeness (QED) is 0.0525. The van der Waals surface area contributed by atoms with Gasteiger partial charge in [-0.25, -0.2) is 14.5 Å². The van der Waals surface area contributed by atoms with Gasteiger partial charge in [-0.3, -0.25) is 14.4 Å². The van der Waals surface area contributed by atoms with Gasteiger partial charge in [-0.2, -0.15) is 0 Å². The second kappa shape index (κ2) is 30.5. The first kappa shape index (κ1) is 70.3. The van der Waals surface area contributed by atoms with Crippen LogP contribution in [-0.4, -0.2) is 228 Å². The van der Waals surface area contributed by atoms with Gasteiger partial charge >= 0.3 is 17.9 Å². The Kier molecular flexibility index (Phi) is 25.5. The number of aliphatic hydroxyl groups excluding tert-OH is 2. The number of aryl methyl sites for hydroxylation is 1. The summed E-state index contributed by atoms with van der Waals surface area (Å²) in [6.45, 7) is 24.4. The predicted octanol–water partition coefficient (Wildman–Crippen LogP) is 3.70. The predicted molar refractivity (Wildman–Crippen MR) is 315 cm³/mol. The van der Waals surface area contributed by atoms with Crippen molar-refractivity contribution in [2.75, 3.05) is 79.6 Å². The Hall–Kier alpha value is -4.44. The van der Waals surface area contributed by atoms with Crippen molar-refractivity contribution < 1.29 is 77.9 Å². The van der Waals surface area contributed by atoms with Gasteiger partial charge in [0.05, 0.1) is 59.6 Å². The maximum atomic E-state index is 14.8. The first-order chi connectivity index (χ1) is 39.4. The van der Waals surface area contributed by atoms with Crippen molar-refractivity contribution in [3.8, 4) is 0 Å². The number of hydrogen-bond acceptors (Lipinski definition) is 22. The summed E-state index contributed by atoms with van der Waals surface area (Å²) < 4.78 is 46.7. The average molecular weight is 1190 g/mol. The molecule has 84 heavy (non-hydrogen) atoms. The summed E-state index contributed by atoms with van der Waals surface area (Å²) in [5.41, 5.74) is -4.53. The van der Waals surface area contributed by atoms with Crippen LogP contribution in [0.2, 0.25) is 0 Å². The number of carbonyl (C=O) groups is 3. The highest BCUT2D eigenvalue weighted by molar-refractivity contribution is 5.92. The SMILES string of the molecule is CC[C@H]1OC(=O)[C@H](C)[C@@H](O[C@H]2C[C@@](C)(OC)[C@@H](OC(=O)CCNCCCc3cnc4c(c3)c(=O)c(C(=O)O)cn4N(C)C)[C@H](C)O2)[C@H](C)[C@@H](O[C@@H]2O[C@H](C)C[C@H](N(C)C)[C@H]2O)[C@](C)(O)C[C@@H](C)/C(=N\OCCN(CC)CC)C(C)[C@@H](O)[C@]1(C)O. The van der Waals surface area contributed by atoms with E-state index < -0.39 is 119 Å². The molecule has 0 aliphatic carbocycles. The molecule has 0 saturated carbocycles. The molecule has 5 rings (SSSR count). The van der Waals surface area contributed by atoms with Crippen LogP contribution in [0.15, 0.2) is 28.4 Å². The molecule has 0 amide bonds. The van der Waals surface area contributed by atoms with E-state index in [4.69, 9.17) is 38.0 Å². The lowest BCUT2D eigenvalue weighted by Gasteiger charge is -2.49. The van der Waals surface area contributed by atoms with Gasteiger partial charge in [0.2, 0.25) is 5.43 Å². The van der Waals surface area contributed by atoms with Gasteiger partial charge in [-0.05, 0) is 119 Å². The van der Waals surface area contributed by atoms with E-state index in [2.05, 4.69) is 34.2 Å². The van der Waals surface area contributed by atoms with Crippen molar-refractivity contribution in [2.24, 2.45) is 28.8 Å². The van der Waals surface area contributed by atoms with E-state index in [1.807, 2.05) is 32.8 Å². The first-order valence-electron chi connectivity index (χ1n) is 30.0. The Morgan fingerprint density at radius 3 is 2.21 bits per heavy atom. The molecule has 24 nitrogen and oxygen atoms in total. The standard InChI is InChI=1S/C60H101N7O17/c1-18-44-60(12,76)51(71)36(6)47(63-78-27-26-66(19-2)20-3)34(4)30-58(10,75)52(84-57-49(70)43(64(13)14)28-35(5)79-57)37(7)50(38(8)56(74)81-44)83-46-31-59(11,77-17)53(39(9)80-46)82-45(68)23-25-61-24-21-22-40-29-41-48(69)42(55(72)73)33-67(65(15)16)54(41)62-32-40/h29,32-39,43-44,46,49-53,57,61,70-71,75-76H,18-28,30-31H2,1-17H3,(H,72,73)/b63-47+/t34-,35-,36?,37+,38-,39+,43+,44-,46+,49-,50+,51-,52-,53+,57+,58-,59-,60-/m1/s1. The summed E-state index contributed by atoms with van der Waals surface area (Å²) in [4.78, 5) is 67.7. The van der Waals surface area contributed by atoms with Crippen molar-refractivity contribution in [1.29, 1.82) is 0 Å². The molecule has 2 aromatic heterocycles. The Morgan fingerprint density at radius 1 is 0.929 bits per heavy atom. The molecule has 478 valence electrons. The number of carbonyl (C=O) groups excluding carboxylic acids is 2. The zero-order chi connectivity index (χ0) is 62.8. The van der Waals surface area contributed by atoms with Crippen molar-refractivity contribution in [3.05, 3.63) is 39.8 Å². The fourth-order valence-electron chi connectivity index (χ4n) is 12.4. The summed E-state index contributed by atoms with van der Waals surface area (Å²) in [6.07, 6.45) is -6.06. The van der Waals surface area contributed by atoms with E-state index in [-0.39, 0.29) is 61.9 Å². The van der Waals surface area contributed by atoms with Gasteiger partial charge < -0.3 is 83.7 Å². The third-order valence-corrected chi connectivity index (χ3v) is 17.5. The molecule has 5 heterocycles. The molecular formula is C60H101N7O17. The Bertz CT molecular complexity index is 2560. The molecule has 0 bridgehead atoms. The number of carboxylic acids is 1. The normalized spacial score (nSPS) is 35.2. The van der Waals surface area contributed by atoms with Crippen LogP contribution >= 0.6 is 0 Å². The maximum absolute atomic E-state index is 14.8. The molecular weight excluding hydrogens is 1090 g/mol. The van der Waals surface area contributed by atoms with E-state index in [1.165, 1.54) is 24.9 Å². The van der Waals surface area contributed by atoms with Crippen molar-refractivity contribution in [1.82, 2.24) is 24.8 Å². The number of hydrogen-bond donors (Lipinski definition) is 6. The number of nitrogens with zero attached hydrogens (tertiary/aromatic N) is 6. The molecule has 6 N–H and O–H groups in total. The van der Waals surface area contributed by atoms with Crippen LogP contribution in [0.5, 0.6) is 0 Å². The molecule has 0 radical (unpaired) electrons. The number of cyclic esters (lactones) is 1. The molecule has 3 saturated heterocycles. The fourth-order valence-corrected chi connectivity index (χ4v) is 12.4. The van der Waals surface area contributed by atoms with Crippen LogP contribution in [0.25, 0.3) is 11.0 Å². The molecule has 0 spiro atoms. The minimum atomic E-state index is -2.00. The second-order valence-electron chi connectivity index (χ2n) is 24.6. The molecule has 0 aromatic carbocycles. The van der Waals surface area contributed by atoms with E-state index in [0.717, 1.165) is 18.7 Å². The van der Waals surface area contributed by atoms with Crippen molar-refractivity contribution >= 4 is 34.7 Å². The highest BCUT2D eigenvalue weighted by atomic mass is 16.7. The largest absolute Gasteiger partial charge is 0.477 e. The van der Waals surface area contributed by atoms with E-state index in [1.54, 1.807) is 79.8 Å². The first-order valence-corrected chi connectivity index (χ1v) is 30.0. The van der Waals surface area contributed by atoms with Crippen LogP contribution in [0, 0.1) is 23.7 Å².